The van der Waals surface area contributed by atoms with Gasteiger partial charge in [0.1, 0.15) is 0 Å². The Kier molecular flexibility index (Phi) is 6.79. The standard InChI is InChI=1S/C29H27ClN2O4/c30-22-16-17-25-24(18-22)29(27(34)31-23-14-8-3-9-15-23,36-26(33)21-12-6-2-7-13-21)28(35)32(25)19-20-10-4-1-5-11-20/h1-2,4-7,10-13,16-18,23H,3,8-9,14-15,19H2,(H,31,34). The molecule has 3 aromatic carbocycles. The maximum Gasteiger partial charge on any atom is 0.340 e. The lowest BCUT2D eigenvalue weighted by atomic mass is 9.91. The van der Waals surface area contributed by atoms with Crippen molar-refractivity contribution in [3.05, 3.63) is 101 Å². The summed E-state index contributed by atoms with van der Waals surface area (Å²) in [6.45, 7) is 0.218. The van der Waals surface area contributed by atoms with Gasteiger partial charge in [-0.25, -0.2) is 4.79 Å². The predicted octanol–water partition coefficient (Wildman–Crippen LogP) is 5.39. The number of hydrogen-bond acceptors (Lipinski definition) is 4. The highest BCUT2D eigenvalue weighted by atomic mass is 35.5. The summed E-state index contributed by atoms with van der Waals surface area (Å²) in [5, 5.41) is 3.37. The SMILES string of the molecule is O=C(OC1(C(=O)NC2CCCCC2)C(=O)N(Cc2ccccc2)c2ccc(Cl)cc21)c1ccccc1. The molecule has 3 aromatic rings. The van der Waals surface area contributed by atoms with Crippen LogP contribution in [0.25, 0.3) is 0 Å². The number of nitrogens with zero attached hydrogens (tertiary/aromatic N) is 1. The van der Waals surface area contributed by atoms with E-state index in [9.17, 15) is 14.4 Å². The minimum absolute atomic E-state index is 0.0860. The van der Waals surface area contributed by atoms with Crippen LogP contribution in [0.1, 0.15) is 53.6 Å². The third-order valence-corrected chi connectivity index (χ3v) is 7.11. The van der Waals surface area contributed by atoms with Gasteiger partial charge in [0.05, 0.1) is 17.8 Å². The highest BCUT2D eigenvalue weighted by Gasteiger charge is 2.60. The Morgan fingerprint density at radius 3 is 2.31 bits per heavy atom. The van der Waals surface area contributed by atoms with Crippen molar-refractivity contribution < 1.29 is 19.1 Å². The molecule has 1 aliphatic heterocycles. The Morgan fingerprint density at radius 1 is 0.944 bits per heavy atom. The average molecular weight is 503 g/mol. The zero-order chi connectivity index (χ0) is 25.1. The monoisotopic (exact) mass is 502 g/mol. The molecule has 1 aliphatic carbocycles. The van der Waals surface area contributed by atoms with Gasteiger partial charge in [-0.15, -0.1) is 0 Å². The Morgan fingerprint density at radius 2 is 1.61 bits per heavy atom. The van der Waals surface area contributed by atoms with Gasteiger partial charge in [0.15, 0.2) is 0 Å². The van der Waals surface area contributed by atoms with Crippen LogP contribution < -0.4 is 10.2 Å². The summed E-state index contributed by atoms with van der Waals surface area (Å²) in [6.07, 6.45) is 4.75. The lowest BCUT2D eigenvalue weighted by Gasteiger charge is -2.31. The van der Waals surface area contributed by atoms with E-state index in [1.807, 2.05) is 30.3 Å². The van der Waals surface area contributed by atoms with Gasteiger partial charge in [-0.05, 0) is 48.7 Å². The fourth-order valence-corrected chi connectivity index (χ4v) is 5.21. The first-order valence-electron chi connectivity index (χ1n) is 12.2. The molecule has 0 radical (unpaired) electrons. The van der Waals surface area contributed by atoms with Crippen LogP contribution >= 0.6 is 11.6 Å². The number of anilines is 1. The Balaban J connectivity index is 1.60. The number of rotatable bonds is 6. The third-order valence-electron chi connectivity index (χ3n) is 6.87. The lowest BCUT2D eigenvalue weighted by molar-refractivity contribution is -0.153. The van der Waals surface area contributed by atoms with Crippen LogP contribution in [-0.2, 0) is 26.5 Å². The van der Waals surface area contributed by atoms with Crippen molar-refractivity contribution in [3.63, 3.8) is 0 Å². The maximum atomic E-state index is 14.2. The van der Waals surface area contributed by atoms with Crippen LogP contribution in [0, 0.1) is 0 Å². The molecule has 1 N–H and O–H groups in total. The number of nitrogens with one attached hydrogen (secondary N) is 1. The zero-order valence-electron chi connectivity index (χ0n) is 19.8. The minimum atomic E-state index is -2.18. The van der Waals surface area contributed by atoms with E-state index in [4.69, 9.17) is 16.3 Å². The first-order chi connectivity index (χ1) is 17.5. The van der Waals surface area contributed by atoms with Gasteiger partial charge in [0, 0.05) is 16.6 Å². The second kappa shape index (κ2) is 10.2. The molecule has 184 valence electrons. The highest BCUT2D eigenvalue weighted by molar-refractivity contribution is 6.31. The van der Waals surface area contributed by atoms with E-state index < -0.39 is 23.4 Å². The van der Waals surface area contributed by atoms with E-state index in [1.54, 1.807) is 48.5 Å². The lowest BCUT2D eigenvalue weighted by Crippen LogP contribution is -2.56. The van der Waals surface area contributed by atoms with Crippen molar-refractivity contribution >= 4 is 35.1 Å². The van der Waals surface area contributed by atoms with E-state index in [2.05, 4.69) is 5.32 Å². The van der Waals surface area contributed by atoms with Crippen LogP contribution in [0.4, 0.5) is 5.69 Å². The number of carbonyl (C=O) groups is 3. The Labute approximate surface area is 215 Å². The molecular weight excluding hydrogens is 476 g/mol. The first kappa shape index (κ1) is 24.1. The van der Waals surface area contributed by atoms with E-state index >= 15 is 0 Å². The van der Waals surface area contributed by atoms with Gasteiger partial charge in [0.2, 0.25) is 0 Å². The van der Waals surface area contributed by atoms with Crippen molar-refractivity contribution in [2.75, 3.05) is 4.90 Å². The first-order valence-corrected chi connectivity index (χ1v) is 12.6. The van der Waals surface area contributed by atoms with E-state index in [1.165, 1.54) is 4.90 Å². The molecular formula is C29H27ClN2O4. The molecule has 1 atom stereocenters. The molecule has 1 saturated carbocycles. The smallest absolute Gasteiger partial charge is 0.340 e. The van der Waals surface area contributed by atoms with Crippen molar-refractivity contribution in [2.45, 2.75) is 50.3 Å². The number of ether oxygens (including phenoxy) is 1. The second-order valence-corrected chi connectivity index (χ2v) is 9.72. The molecule has 7 heteroatoms. The highest BCUT2D eigenvalue weighted by Crippen LogP contribution is 2.45. The third kappa shape index (κ3) is 4.49. The molecule has 36 heavy (non-hydrogen) atoms. The Bertz CT molecular complexity index is 1270. The summed E-state index contributed by atoms with van der Waals surface area (Å²) in [7, 11) is 0. The molecule has 1 unspecified atom stereocenters. The summed E-state index contributed by atoms with van der Waals surface area (Å²) in [5.74, 6) is -2.00. The number of benzene rings is 3. The molecule has 0 aromatic heterocycles. The summed E-state index contributed by atoms with van der Waals surface area (Å²) < 4.78 is 5.95. The molecule has 0 bridgehead atoms. The van der Waals surface area contributed by atoms with Crippen LogP contribution in [0.15, 0.2) is 78.9 Å². The van der Waals surface area contributed by atoms with Gasteiger partial charge in [-0.1, -0.05) is 79.4 Å². The molecule has 2 amide bonds. The largest absolute Gasteiger partial charge is 0.430 e. The van der Waals surface area contributed by atoms with E-state index in [-0.39, 0.29) is 23.7 Å². The number of carbonyl (C=O) groups excluding carboxylic acids is 3. The van der Waals surface area contributed by atoms with E-state index in [0.717, 1.165) is 37.7 Å². The van der Waals surface area contributed by atoms with Crippen molar-refractivity contribution in [2.24, 2.45) is 0 Å². The molecule has 6 nitrogen and oxygen atoms in total. The molecule has 1 fully saturated rings. The van der Waals surface area contributed by atoms with Crippen LogP contribution in [0.3, 0.4) is 0 Å². The number of esters is 1. The number of fused-ring (bicyclic) bond motifs is 1. The number of amides is 2. The quantitative estimate of drug-likeness (QED) is 0.362. The molecule has 0 saturated heterocycles. The molecule has 0 spiro atoms. The average Bonchev–Trinajstić information content (AvgIpc) is 3.13. The summed E-state index contributed by atoms with van der Waals surface area (Å²) >= 11 is 6.35. The fraction of sp³-hybridized carbons (Fsp3) is 0.276. The van der Waals surface area contributed by atoms with Crippen molar-refractivity contribution in [1.82, 2.24) is 5.32 Å². The minimum Gasteiger partial charge on any atom is -0.430 e. The summed E-state index contributed by atoms with van der Waals surface area (Å²) in [6, 6.07) is 22.7. The van der Waals surface area contributed by atoms with Crippen LogP contribution in [-0.4, -0.2) is 23.8 Å². The van der Waals surface area contributed by atoms with Gasteiger partial charge in [-0.3, -0.25) is 9.59 Å². The molecule has 1 heterocycles. The van der Waals surface area contributed by atoms with E-state index in [0.29, 0.717) is 10.7 Å². The topological polar surface area (TPSA) is 75.7 Å². The van der Waals surface area contributed by atoms with Crippen LogP contribution in [0.2, 0.25) is 5.02 Å². The number of hydrogen-bond donors (Lipinski definition) is 1. The Hall–Kier alpha value is -3.64. The summed E-state index contributed by atoms with van der Waals surface area (Å²) in [5.41, 5.74) is -0.286. The van der Waals surface area contributed by atoms with Crippen molar-refractivity contribution in [1.29, 1.82) is 0 Å². The number of halogens is 1. The predicted molar refractivity (Wildman–Crippen MR) is 138 cm³/mol. The zero-order valence-corrected chi connectivity index (χ0v) is 20.5. The van der Waals surface area contributed by atoms with Crippen molar-refractivity contribution in [3.8, 4) is 0 Å². The second-order valence-electron chi connectivity index (χ2n) is 9.28. The van der Waals surface area contributed by atoms with Crippen LogP contribution in [0.5, 0.6) is 0 Å². The van der Waals surface area contributed by atoms with Gasteiger partial charge < -0.3 is 15.0 Å². The fourth-order valence-electron chi connectivity index (χ4n) is 5.03. The normalized spacial score (nSPS) is 19.6. The van der Waals surface area contributed by atoms with Gasteiger partial charge in [0.25, 0.3) is 17.4 Å². The molecule has 2 aliphatic rings. The molecule has 5 rings (SSSR count). The summed E-state index contributed by atoms with van der Waals surface area (Å²) in [4.78, 5) is 43.0. The van der Waals surface area contributed by atoms with Gasteiger partial charge >= 0.3 is 5.97 Å². The maximum absolute atomic E-state index is 14.2. The van der Waals surface area contributed by atoms with Gasteiger partial charge in [-0.2, -0.15) is 0 Å².